The lowest BCUT2D eigenvalue weighted by Crippen LogP contribution is -1.94. The van der Waals surface area contributed by atoms with Gasteiger partial charge in [-0.25, -0.2) is 0 Å². The Labute approximate surface area is 81.5 Å². The summed E-state index contributed by atoms with van der Waals surface area (Å²) in [6.45, 7) is 2.21. The van der Waals surface area contributed by atoms with Crippen LogP contribution in [-0.2, 0) is 6.42 Å². The number of thiophene rings is 1. The molecule has 12 heavy (non-hydrogen) atoms. The van der Waals surface area contributed by atoms with E-state index in [-0.39, 0.29) is 0 Å². The van der Waals surface area contributed by atoms with Gasteiger partial charge in [-0.05, 0) is 30.7 Å². The predicted molar refractivity (Wildman–Crippen MR) is 55.1 cm³/mol. The van der Waals surface area contributed by atoms with Gasteiger partial charge in [0, 0.05) is 4.88 Å². The number of nitrogen functional groups attached to an aromatic ring is 1. The second kappa shape index (κ2) is 2.93. The Bertz CT molecular complexity index is 306. The third kappa shape index (κ3) is 1.05. The van der Waals surface area contributed by atoms with Crippen molar-refractivity contribution in [3.05, 3.63) is 14.8 Å². The average molecular weight is 202 g/mol. The molecule has 1 aromatic rings. The highest BCUT2D eigenvalue weighted by atomic mass is 35.5. The number of hydrogen-bond donors (Lipinski definition) is 1. The van der Waals surface area contributed by atoms with E-state index >= 15 is 0 Å². The molecule has 2 rings (SSSR count). The number of halogens is 1. The first-order valence-electron chi connectivity index (χ1n) is 4.30. The fourth-order valence-electron chi connectivity index (χ4n) is 1.97. The van der Waals surface area contributed by atoms with Crippen LogP contribution in [0.15, 0.2) is 0 Å². The molecule has 0 saturated carbocycles. The maximum atomic E-state index is 5.96. The number of anilines is 1. The molecular formula is C9H12ClNS. The van der Waals surface area contributed by atoms with Crippen molar-refractivity contribution >= 4 is 28.6 Å². The van der Waals surface area contributed by atoms with Crippen LogP contribution >= 0.6 is 22.9 Å². The quantitative estimate of drug-likeness (QED) is 0.741. The molecule has 0 spiro atoms. The molecular weight excluding hydrogens is 190 g/mol. The highest BCUT2D eigenvalue weighted by Gasteiger charge is 2.27. The van der Waals surface area contributed by atoms with Gasteiger partial charge in [-0.1, -0.05) is 18.5 Å². The Kier molecular flexibility index (Phi) is 2.05. The number of hydrogen-bond acceptors (Lipinski definition) is 2. The number of nitrogens with two attached hydrogens (primary N) is 1. The molecule has 0 saturated heterocycles. The van der Waals surface area contributed by atoms with Gasteiger partial charge in [0.2, 0.25) is 0 Å². The van der Waals surface area contributed by atoms with E-state index in [9.17, 15) is 0 Å². The summed E-state index contributed by atoms with van der Waals surface area (Å²) in [5.74, 6) is 0.670. The lowest BCUT2D eigenvalue weighted by Gasteiger charge is -2.06. The minimum Gasteiger partial charge on any atom is -0.397 e. The van der Waals surface area contributed by atoms with Crippen molar-refractivity contribution in [1.29, 1.82) is 0 Å². The summed E-state index contributed by atoms with van der Waals surface area (Å²) in [5.41, 5.74) is 8.10. The van der Waals surface area contributed by atoms with Crippen molar-refractivity contribution in [2.45, 2.75) is 32.1 Å². The highest BCUT2D eigenvalue weighted by Crippen LogP contribution is 2.47. The predicted octanol–water partition coefficient (Wildman–Crippen LogP) is 3.42. The molecule has 66 valence electrons. The van der Waals surface area contributed by atoms with Crippen LogP contribution in [0.4, 0.5) is 5.69 Å². The van der Waals surface area contributed by atoms with Gasteiger partial charge in [-0.3, -0.25) is 0 Å². The topological polar surface area (TPSA) is 26.0 Å². The monoisotopic (exact) mass is 201 g/mol. The third-order valence-electron chi connectivity index (χ3n) is 2.64. The molecule has 0 radical (unpaired) electrons. The van der Waals surface area contributed by atoms with Crippen LogP contribution in [0.5, 0.6) is 0 Å². The van der Waals surface area contributed by atoms with Crippen molar-refractivity contribution in [3.63, 3.8) is 0 Å². The summed E-state index contributed by atoms with van der Waals surface area (Å²) in [6.07, 6.45) is 3.62. The standard InChI is InChI=1S/C9H12ClNS/c1-2-5-3-4-6-7(5)8(11)9(10)12-6/h5H,2-4,11H2,1H3. The van der Waals surface area contributed by atoms with E-state index in [4.69, 9.17) is 17.3 Å². The van der Waals surface area contributed by atoms with Crippen LogP contribution in [0.1, 0.15) is 36.1 Å². The zero-order valence-electron chi connectivity index (χ0n) is 7.06. The van der Waals surface area contributed by atoms with Gasteiger partial charge >= 0.3 is 0 Å². The molecule has 1 aliphatic carbocycles. The smallest absolute Gasteiger partial charge is 0.116 e. The fraction of sp³-hybridized carbons (Fsp3) is 0.556. The van der Waals surface area contributed by atoms with Gasteiger partial charge < -0.3 is 5.73 Å². The maximum Gasteiger partial charge on any atom is 0.116 e. The molecule has 1 heterocycles. The second-order valence-corrected chi connectivity index (χ2v) is 4.98. The third-order valence-corrected chi connectivity index (χ3v) is 4.14. The number of aryl methyl sites for hydroxylation is 1. The van der Waals surface area contributed by atoms with E-state index in [0.29, 0.717) is 5.92 Å². The molecule has 0 fully saturated rings. The zero-order valence-corrected chi connectivity index (χ0v) is 8.63. The van der Waals surface area contributed by atoms with Crippen LogP contribution in [0.2, 0.25) is 4.34 Å². The Morgan fingerprint density at radius 2 is 2.42 bits per heavy atom. The van der Waals surface area contributed by atoms with E-state index in [0.717, 1.165) is 10.0 Å². The molecule has 1 aliphatic rings. The molecule has 1 unspecified atom stereocenters. The van der Waals surface area contributed by atoms with Crippen LogP contribution in [0, 0.1) is 0 Å². The molecule has 1 nitrogen and oxygen atoms in total. The van der Waals surface area contributed by atoms with E-state index < -0.39 is 0 Å². The van der Waals surface area contributed by atoms with Gasteiger partial charge in [-0.2, -0.15) is 0 Å². The highest BCUT2D eigenvalue weighted by molar-refractivity contribution is 7.17. The number of rotatable bonds is 1. The Morgan fingerprint density at radius 3 is 3.08 bits per heavy atom. The van der Waals surface area contributed by atoms with Gasteiger partial charge in [0.05, 0.1) is 5.69 Å². The maximum absolute atomic E-state index is 5.96. The second-order valence-electron chi connectivity index (χ2n) is 3.27. The SMILES string of the molecule is CCC1CCc2sc(Cl)c(N)c21. The summed E-state index contributed by atoms with van der Waals surface area (Å²) < 4.78 is 0.790. The van der Waals surface area contributed by atoms with Gasteiger partial charge in [-0.15, -0.1) is 11.3 Å². The first kappa shape index (κ1) is 8.39. The van der Waals surface area contributed by atoms with Crippen LogP contribution in [0.3, 0.4) is 0 Å². The molecule has 3 heteroatoms. The Balaban J connectivity index is 2.48. The zero-order chi connectivity index (χ0) is 8.72. The molecule has 0 aromatic carbocycles. The summed E-state index contributed by atoms with van der Waals surface area (Å²) in [7, 11) is 0. The summed E-state index contributed by atoms with van der Waals surface area (Å²) in [6, 6.07) is 0. The molecule has 2 N–H and O–H groups in total. The fourth-order valence-corrected chi connectivity index (χ4v) is 3.39. The normalized spacial score (nSPS) is 21.3. The first-order valence-corrected chi connectivity index (χ1v) is 5.50. The Hall–Kier alpha value is -0.210. The minimum atomic E-state index is 0.670. The lowest BCUT2D eigenvalue weighted by atomic mass is 10.0. The average Bonchev–Trinajstić information content (AvgIpc) is 2.55. The van der Waals surface area contributed by atoms with Crippen molar-refractivity contribution < 1.29 is 0 Å². The van der Waals surface area contributed by atoms with E-state index in [1.807, 2.05) is 0 Å². The molecule has 0 aliphatic heterocycles. The van der Waals surface area contributed by atoms with Gasteiger partial charge in [0.1, 0.15) is 4.34 Å². The van der Waals surface area contributed by atoms with E-state index in [1.165, 1.54) is 29.7 Å². The van der Waals surface area contributed by atoms with E-state index in [2.05, 4.69) is 6.92 Å². The Morgan fingerprint density at radius 1 is 1.67 bits per heavy atom. The van der Waals surface area contributed by atoms with Crippen LogP contribution in [0.25, 0.3) is 0 Å². The van der Waals surface area contributed by atoms with Crippen LogP contribution in [-0.4, -0.2) is 0 Å². The lowest BCUT2D eigenvalue weighted by molar-refractivity contribution is 0.657. The van der Waals surface area contributed by atoms with Crippen molar-refractivity contribution in [2.75, 3.05) is 5.73 Å². The van der Waals surface area contributed by atoms with Crippen molar-refractivity contribution in [1.82, 2.24) is 0 Å². The van der Waals surface area contributed by atoms with Gasteiger partial charge in [0.25, 0.3) is 0 Å². The van der Waals surface area contributed by atoms with Crippen LogP contribution < -0.4 is 5.73 Å². The van der Waals surface area contributed by atoms with Gasteiger partial charge in [0.15, 0.2) is 0 Å². The molecule has 0 bridgehead atoms. The largest absolute Gasteiger partial charge is 0.397 e. The minimum absolute atomic E-state index is 0.670. The molecule has 1 aromatic heterocycles. The van der Waals surface area contributed by atoms with Crippen molar-refractivity contribution in [3.8, 4) is 0 Å². The number of fused-ring (bicyclic) bond motifs is 1. The summed E-state index contributed by atoms with van der Waals surface area (Å²) >= 11 is 7.63. The summed E-state index contributed by atoms with van der Waals surface area (Å²) in [5, 5.41) is 0. The molecule has 0 amide bonds. The first-order chi connectivity index (χ1) is 5.74. The van der Waals surface area contributed by atoms with E-state index in [1.54, 1.807) is 11.3 Å². The summed E-state index contributed by atoms with van der Waals surface area (Å²) in [4.78, 5) is 1.42. The van der Waals surface area contributed by atoms with Crippen molar-refractivity contribution in [2.24, 2.45) is 0 Å². The molecule has 1 atom stereocenters.